The van der Waals surface area contributed by atoms with Crippen LogP contribution in [0.2, 0.25) is 5.02 Å². The van der Waals surface area contributed by atoms with Crippen LogP contribution >= 0.6 is 11.6 Å². The summed E-state index contributed by atoms with van der Waals surface area (Å²) in [6, 6.07) is 7.14. The smallest absolute Gasteiger partial charge is 0.0992 e. The molecule has 0 spiro atoms. The Kier molecular flexibility index (Phi) is 4.17. The van der Waals surface area contributed by atoms with Gasteiger partial charge < -0.3 is 10.4 Å². The Morgan fingerprint density at radius 1 is 1.50 bits per heavy atom. The van der Waals surface area contributed by atoms with Crippen molar-refractivity contribution in [3.8, 4) is 6.07 Å². The molecule has 1 aromatic rings. The van der Waals surface area contributed by atoms with E-state index in [1.807, 2.05) is 19.9 Å². The quantitative estimate of drug-likeness (QED) is 0.848. The molecule has 0 aromatic heterocycles. The number of nitrogens with zero attached hydrogens (tertiary/aromatic N) is 1. The Morgan fingerprint density at radius 2 is 2.19 bits per heavy atom. The van der Waals surface area contributed by atoms with Crippen LogP contribution in [0.25, 0.3) is 0 Å². The van der Waals surface area contributed by atoms with Crippen LogP contribution in [-0.4, -0.2) is 17.3 Å². The largest absolute Gasteiger partial charge is 0.396 e. The third-order valence-electron chi connectivity index (χ3n) is 2.31. The Balaban J connectivity index is 2.86. The summed E-state index contributed by atoms with van der Waals surface area (Å²) in [5.41, 5.74) is 1.08. The van der Waals surface area contributed by atoms with E-state index >= 15 is 0 Å². The topological polar surface area (TPSA) is 56.0 Å². The van der Waals surface area contributed by atoms with Gasteiger partial charge in [-0.15, -0.1) is 0 Å². The molecule has 86 valence electrons. The zero-order valence-electron chi connectivity index (χ0n) is 9.42. The van der Waals surface area contributed by atoms with Crippen molar-refractivity contribution >= 4 is 17.3 Å². The van der Waals surface area contributed by atoms with Crippen LogP contribution in [0.1, 0.15) is 25.8 Å². The van der Waals surface area contributed by atoms with Gasteiger partial charge in [0.2, 0.25) is 0 Å². The summed E-state index contributed by atoms with van der Waals surface area (Å²) in [6.07, 6.45) is 0.628. The van der Waals surface area contributed by atoms with Crippen LogP contribution in [0.15, 0.2) is 18.2 Å². The standard InChI is InChI=1S/C12H15ClN2O/c1-12(2,5-6-16)15-11-4-3-9(8-14)7-10(11)13/h3-4,7,15-16H,5-6H2,1-2H3. The number of hydrogen-bond acceptors (Lipinski definition) is 3. The zero-order valence-corrected chi connectivity index (χ0v) is 10.2. The third kappa shape index (κ3) is 3.41. The second-order valence-corrected chi connectivity index (χ2v) is 4.70. The highest BCUT2D eigenvalue weighted by atomic mass is 35.5. The Labute approximate surface area is 101 Å². The van der Waals surface area contributed by atoms with E-state index in [0.29, 0.717) is 17.0 Å². The fourth-order valence-electron chi connectivity index (χ4n) is 1.39. The average Bonchev–Trinajstić information content (AvgIpc) is 2.20. The number of benzene rings is 1. The van der Waals surface area contributed by atoms with Gasteiger partial charge in [0.15, 0.2) is 0 Å². The number of nitrogens with one attached hydrogen (secondary N) is 1. The van der Waals surface area contributed by atoms with Crippen molar-refractivity contribution in [3.05, 3.63) is 28.8 Å². The second-order valence-electron chi connectivity index (χ2n) is 4.29. The highest BCUT2D eigenvalue weighted by Crippen LogP contribution is 2.26. The molecule has 0 aliphatic carbocycles. The van der Waals surface area contributed by atoms with Crippen LogP contribution in [0, 0.1) is 11.3 Å². The lowest BCUT2D eigenvalue weighted by Crippen LogP contribution is -2.32. The number of hydrogen-bond donors (Lipinski definition) is 2. The summed E-state index contributed by atoms with van der Waals surface area (Å²) in [5.74, 6) is 0. The number of aliphatic hydroxyl groups is 1. The van der Waals surface area contributed by atoms with E-state index in [4.69, 9.17) is 22.0 Å². The van der Waals surface area contributed by atoms with Crippen molar-refractivity contribution < 1.29 is 5.11 Å². The average molecular weight is 239 g/mol. The molecule has 0 atom stereocenters. The van der Waals surface area contributed by atoms with E-state index in [-0.39, 0.29) is 12.1 Å². The lowest BCUT2D eigenvalue weighted by atomic mass is 10.0. The Bertz CT molecular complexity index is 410. The zero-order chi connectivity index (χ0) is 12.2. The molecular weight excluding hydrogens is 224 g/mol. The fourth-order valence-corrected chi connectivity index (χ4v) is 1.62. The summed E-state index contributed by atoms with van der Waals surface area (Å²) in [5, 5.41) is 21.4. The van der Waals surface area contributed by atoms with E-state index in [1.54, 1.807) is 18.2 Å². The van der Waals surface area contributed by atoms with Crippen molar-refractivity contribution in [1.29, 1.82) is 5.26 Å². The third-order valence-corrected chi connectivity index (χ3v) is 2.62. The first-order chi connectivity index (χ1) is 7.48. The van der Waals surface area contributed by atoms with Crippen molar-refractivity contribution in [2.24, 2.45) is 0 Å². The van der Waals surface area contributed by atoms with Crippen LogP contribution in [-0.2, 0) is 0 Å². The molecule has 1 rings (SSSR count). The number of rotatable bonds is 4. The van der Waals surface area contributed by atoms with Gasteiger partial charge in [-0.1, -0.05) is 11.6 Å². The van der Waals surface area contributed by atoms with Crippen molar-refractivity contribution in [3.63, 3.8) is 0 Å². The first-order valence-corrected chi connectivity index (χ1v) is 5.45. The predicted octanol–water partition coefficient (Wildman–Crippen LogP) is 2.78. The van der Waals surface area contributed by atoms with E-state index in [2.05, 4.69) is 5.32 Å². The van der Waals surface area contributed by atoms with E-state index in [9.17, 15) is 0 Å². The minimum Gasteiger partial charge on any atom is -0.396 e. The van der Waals surface area contributed by atoms with E-state index in [1.165, 1.54) is 0 Å². The highest BCUT2D eigenvalue weighted by molar-refractivity contribution is 6.33. The molecule has 16 heavy (non-hydrogen) atoms. The summed E-state index contributed by atoms with van der Waals surface area (Å²) in [7, 11) is 0. The van der Waals surface area contributed by atoms with Crippen LogP contribution in [0.3, 0.4) is 0 Å². The first kappa shape index (κ1) is 12.8. The summed E-state index contributed by atoms with van der Waals surface area (Å²) < 4.78 is 0. The van der Waals surface area contributed by atoms with Crippen LogP contribution < -0.4 is 5.32 Å². The molecular formula is C12H15ClN2O. The molecule has 0 saturated heterocycles. The SMILES string of the molecule is CC(C)(CCO)Nc1ccc(C#N)cc1Cl. The van der Waals surface area contributed by atoms with Gasteiger partial charge in [-0.3, -0.25) is 0 Å². The molecule has 0 fully saturated rings. The van der Waals surface area contributed by atoms with Gasteiger partial charge in [0.25, 0.3) is 0 Å². The summed E-state index contributed by atoms with van der Waals surface area (Å²) >= 11 is 6.04. The maximum atomic E-state index is 8.92. The van der Waals surface area contributed by atoms with Gasteiger partial charge in [-0.05, 0) is 38.5 Å². The fraction of sp³-hybridized carbons (Fsp3) is 0.417. The monoisotopic (exact) mass is 238 g/mol. The molecule has 4 heteroatoms. The molecule has 2 N–H and O–H groups in total. The van der Waals surface area contributed by atoms with Gasteiger partial charge in [0.1, 0.15) is 0 Å². The molecule has 0 saturated carbocycles. The van der Waals surface area contributed by atoms with Crippen molar-refractivity contribution in [2.75, 3.05) is 11.9 Å². The normalized spacial score (nSPS) is 10.9. The van der Waals surface area contributed by atoms with Crippen molar-refractivity contribution in [2.45, 2.75) is 25.8 Å². The van der Waals surface area contributed by atoms with Gasteiger partial charge in [0.05, 0.1) is 22.3 Å². The maximum absolute atomic E-state index is 8.92. The number of nitriles is 1. The molecule has 0 unspecified atom stereocenters. The van der Waals surface area contributed by atoms with E-state index < -0.39 is 0 Å². The number of anilines is 1. The molecule has 0 amide bonds. The Hall–Kier alpha value is -1.24. The Morgan fingerprint density at radius 3 is 2.69 bits per heavy atom. The molecule has 0 bridgehead atoms. The minimum absolute atomic E-state index is 0.119. The molecule has 0 aliphatic heterocycles. The molecule has 3 nitrogen and oxygen atoms in total. The minimum atomic E-state index is -0.230. The molecule has 0 aliphatic rings. The second kappa shape index (κ2) is 5.20. The van der Waals surface area contributed by atoms with Crippen LogP contribution in [0.5, 0.6) is 0 Å². The van der Waals surface area contributed by atoms with E-state index in [0.717, 1.165) is 5.69 Å². The van der Waals surface area contributed by atoms with Gasteiger partial charge in [-0.25, -0.2) is 0 Å². The van der Waals surface area contributed by atoms with Gasteiger partial charge in [-0.2, -0.15) is 5.26 Å². The number of halogens is 1. The van der Waals surface area contributed by atoms with Crippen molar-refractivity contribution in [1.82, 2.24) is 0 Å². The molecule has 1 aromatic carbocycles. The lowest BCUT2D eigenvalue weighted by molar-refractivity contribution is 0.261. The highest BCUT2D eigenvalue weighted by Gasteiger charge is 2.17. The lowest BCUT2D eigenvalue weighted by Gasteiger charge is -2.27. The maximum Gasteiger partial charge on any atom is 0.0992 e. The predicted molar refractivity (Wildman–Crippen MR) is 65.6 cm³/mol. The van der Waals surface area contributed by atoms with Gasteiger partial charge >= 0.3 is 0 Å². The molecule has 0 heterocycles. The van der Waals surface area contributed by atoms with Crippen LogP contribution in [0.4, 0.5) is 5.69 Å². The van der Waals surface area contributed by atoms with Gasteiger partial charge in [0, 0.05) is 12.1 Å². The summed E-state index contributed by atoms with van der Waals surface area (Å²) in [4.78, 5) is 0. The summed E-state index contributed by atoms with van der Waals surface area (Å²) in [6.45, 7) is 4.09. The molecule has 0 radical (unpaired) electrons. The number of aliphatic hydroxyl groups excluding tert-OH is 1. The first-order valence-electron chi connectivity index (χ1n) is 5.07.